The van der Waals surface area contributed by atoms with Crippen molar-refractivity contribution < 1.29 is 13.2 Å². The van der Waals surface area contributed by atoms with Gasteiger partial charge in [0.2, 0.25) is 15.9 Å². The molecule has 1 aliphatic heterocycles. The van der Waals surface area contributed by atoms with Gasteiger partial charge in [-0.2, -0.15) is 0 Å². The van der Waals surface area contributed by atoms with Crippen LogP contribution in [0.15, 0.2) is 51.8 Å². The van der Waals surface area contributed by atoms with E-state index >= 15 is 0 Å². The standard InChI is InChI=1S/C17H16BrClN2O3S/c18-13-5-6-15-12(11-13)8-10-21(15)17(22)7-9-20-25(23,24)16-4-2-1-3-14(16)19/h1-6,11,20H,7-10H2. The predicted molar refractivity (Wildman–Crippen MR) is 101 cm³/mol. The summed E-state index contributed by atoms with van der Waals surface area (Å²) in [5.41, 5.74) is 2.00. The second-order valence-corrected chi connectivity index (χ2v) is 8.70. The van der Waals surface area contributed by atoms with Crippen LogP contribution < -0.4 is 9.62 Å². The van der Waals surface area contributed by atoms with Crippen LogP contribution in [0.2, 0.25) is 5.02 Å². The van der Waals surface area contributed by atoms with Crippen molar-refractivity contribution in [1.29, 1.82) is 0 Å². The number of amides is 1. The highest BCUT2D eigenvalue weighted by Crippen LogP contribution is 2.30. The second kappa shape index (κ2) is 7.45. The Hall–Kier alpha value is -1.41. The van der Waals surface area contributed by atoms with Gasteiger partial charge in [-0.25, -0.2) is 13.1 Å². The number of fused-ring (bicyclic) bond motifs is 1. The first-order valence-electron chi connectivity index (χ1n) is 7.71. The number of anilines is 1. The third kappa shape index (κ3) is 4.06. The Labute approximate surface area is 160 Å². The summed E-state index contributed by atoms with van der Waals surface area (Å²) in [6.07, 6.45) is 0.880. The first-order valence-corrected chi connectivity index (χ1v) is 10.4. The van der Waals surface area contributed by atoms with Crippen LogP contribution in [0, 0.1) is 0 Å². The van der Waals surface area contributed by atoms with Crippen molar-refractivity contribution in [3.05, 3.63) is 57.5 Å². The van der Waals surface area contributed by atoms with E-state index in [4.69, 9.17) is 11.6 Å². The van der Waals surface area contributed by atoms with Gasteiger partial charge in [-0.15, -0.1) is 0 Å². The van der Waals surface area contributed by atoms with Gasteiger partial charge in [0.1, 0.15) is 4.90 Å². The Morgan fingerprint density at radius 1 is 1.24 bits per heavy atom. The largest absolute Gasteiger partial charge is 0.312 e. The van der Waals surface area contributed by atoms with Crippen LogP contribution in [0.1, 0.15) is 12.0 Å². The lowest BCUT2D eigenvalue weighted by Gasteiger charge is -2.17. The summed E-state index contributed by atoms with van der Waals surface area (Å²) >= 11 is 9.35. The molecule has 1 N–H and O–H groups in total. The number of halogens is 2. The van der Waals surface area contributed by atoms with Gasteiger partial charge in [-0.05, 0) is 42.3 Å². The molecule has 0 aliphatic carbocycles. The van der Waals surface area contributed by atoms with Gasteiger partial charge in [0.05, 0.1) is 5.02 Å². The molecule has 8 heteroatoms. The first kappa shape index (κ1) is 18.4. The minimum absolute atomic E-state index is 0.0143. The Bertz CT molecular complexity index is 918. The number of nitrogens with zero attached hydrogens (tertiary/aromatic N) is 1. The van der Waals surface area contributed by atoms with Gasteiger partial charge >= 0.3 is 0 Å². The molecule has 2 aromatic rings. The van der Waals surface area contributed by atoms with E-state index in [9.17, 15) is 13.2 Å². The Morgan fingerprint density at radius 3 is 2.76 bits per heavy atom. The predicted octanol–water partition coefficient (Wildman–Crippen LogP) is 3.36. The van der Waals surface area contributed by atoms with Crippen LogP contribution >= 0.6 is 27.5 Å². The van der Waals surface area contributed by atoms with Crippen molar-refractivity contribution in [2.75, 3.05) is 18.0 Å². The molecule has 0 saturated heterocycles. The molecule has 1 heterocycles. The third-order valence-corrected chi connectivity index (χ3v) is 6.45. The van der Waals surface area contributed by atoms with E-state index in [-0.39, 0.29) is 28.8 Å². The number of carbonyl (C=O) groups excluding carboxylic acids is 1. The minimum Gasteiger partial charge on any atom is -0.312 e. The maximum atomic E-state index is 12.4. The summed E-state index contributed by atoms with van der Waals surface area (Å²) in [7, 11) is -3.74. The molecule has 0 spiro atoms. The third-order valence-electron chi connectivity index (χ3n) is 4.00. The summed E-state index contributed by atoms with van der Waals surface area (Å²) in [6, 6.07) is 12.0. The highest BCUT2D eigenvalue weighted by molar-refractivity contribution is 9.10. The fraction of sp³-hybridized carbons (Fsp3) is 0.235. The van der Waals surface area contributed by atoms with Gasteiger partial charge in [-0.3, -0.25) is 4.79 Å². The first-order chi connectivity index (χ1) is 11.9. The van der Waals surface area contributed by atoms with Crippen molar-refractivity contribution in [1.82, 2.24) is 4.72 Å². The van der Waals surface area contributed by atoms with Gasteiger partial charge in [0.25, 0.3) is 0 Å². The molecule has 0 bridgehead atoms. The zero-order valence-electron chi connectivity index (χ0n) is 13.2. The lowest BCUT2D eigenvalue weighted by atomic mass is 10.2. The summed E-state index contributed by atoms with van der Waals surface area (Å²) in [4.78, 5) is 14.1. The lowest BCUT2D eigenvalue weighted by Crippen LogP contribution is -2.33. The Kier molecular flexibility index (Phi) is 5.48. The smallest absolute Gasteiger partial charge is 0.242 e. The van der Waals surface area contributed by atoms with Gasteiger partial charge in [-0.1, -0.05) is 39.7 Å². The van der Waals surface area contributed by atoms with E-state index in [1.54, 1.807) is 17.0 Å². The molecule has 0 unspecified atom stereocenters. The van der Waals surface area contributed by atoms with E-state index in [0.717, 1.165) is 22.1 Å². The number of rotatable bonds is 5. The number of hydrogen-bond donors (Lipinski definition) is 1. The van der Waals surface area contributed by atoms with Crippen LogP contribution in [0.4, 0.5) is 5.69 Å². The van der Waals surface area contributed by atoms with Crippen molar-refractivity contribution in [3.8, 4) is 0 Å². The molecule has 25 heavy (non-hydrogen) atoms. The SMILES string of the molecule is O=C(CCNS(=O)(=O)c1ccccc1Cl)N1CCc2cc(Br)ccc21. The summed E-state index contributed by atoms with van der Waals surface area (Å²) in [5.74, 6) is -0.108. The maximum absolute atomic E-state index is 12.4. The maximum Gasteiger partial charge on any atom is 0.242 e. The van der Waals surface area contributed by atoms with Crippen LogP contribution in [0.5, 0.6) is 0 Å². The molecule has 0 fully saturated rings. The van der Waals surface area contributed by atoms with E-state index in [1.165, 1.54) is 12.1 Å². The fourth-order valence-corrected chi connectivity index (χ4v) is 4.75. The average molecular weight is 444 g/mol. The molecule has 132 valence electrons. The highest BCUT2D eigenvalue weighted by atomic mass is 79.9. The number of carbonyl (C=O) groups is 1. The summed E-state index contributed by atoms with van der Waals surface area (Å²) in [6.45, 7) is 0.636. The Morgan fingerprint density at radius 2 is 2.00 bits per heavy atom. The molecule has 1 aliphatic rings. The molecule has 0 aromatic heterocycles. The summed E-state index contributed by atoms with van der Waals surface area (Å²) in [5, 5.41) is 0.153. The molecule has 1 amide bonds. The number of sulfonamides is 1. The number of benzene rings is 2. The van der Waals surface area contributed by atoms with Gasteiger partial charge < -0.3 is 4.90 Å². The van der Waals surface area contributed by atoms with Crippen LogP contribution in [0.3, 0.4) is 0 Å². The van der Waals surface area contributed by atoms with Crippen molar-refractivity contribution in [2.45, 2.75) is 17.7 Å². The average Bonchev–Trinajstić information content (AvgIpc) is 2.97. The Balaban J connectivity index is 1.62. The van der Waals surface area contributed by atoms with E-state index < -0.39 is 10.0 Å². The molecule has 3 rings (SSSR count). The molecule has 2 aromatic carbocycles. The van der Waals surface area contributed by atoms with Crippen molar-refractivity contribution in [3.63, 3.8) is 0 Å². The zero-order valence-corrected chi connectivity index (χ0v) is 16.4. The van der Waals surface area contributed by atoms with Crippen LogP contribution in [-0.2, 0) is 21.2 Å². The molecule has 5 nitrogen and oxygen atoms in total. The molecule has 0 atom stereocenters. The van der Waals surface area contributed by atoms with Crippen molar-refractivity contribution >= 4 is 49.1 Å². The fourth-order valence-electron chi connectivity index (χ4n) is 2.80. The number of hydrogen-bond acceptors (Lipinski definition) is 3. The van der Waals surface area contributed by atoms with E-state index in [0.29, 0.717) is 6.54 Å². The molecular formula is C17H16BrClN2O3S. The molecular weight excluding hydrogens is 428 g/mol. The second-order valence-electron chi connectivity index (χ2n) is 5.65. The highest BCUT2D eigenvalue weighted by Gasteiger charge is 2.25. The van der Waals surface area contributed by atoms with Crippen molar-refractivity contribution in [2.24, 2.45) is 0 Å². The minimum atomic E-state index is -3.74. The zero-order chi connectivity index (χ0) is 18.0. The molecule has 0 radical (unpaired) electrons. The monoisotopic (exact) mass is 442 g/mol. The van der Waals surface area contributed by atoms with Gasteiger partial charge in [0, 0.05) is 29.7 Å². The normalized spacial score (nSPS) is 13.8. The topological polar surface area (TPSA) is 66.5 Å². The molecule has 0 saturated carbocycles. The van der Waals surface area contributed by atoms with Crippen LogP contribution in [0.25, 0.3) is 0 Å². The lowest BCUT2D eigenvalue weighted by molar-refractivity contribution is -0.118. The number of nitrogens with one attached hydrogen (secondary N) is 1. The quantitative estimate of drug-likeness (QED) is 0.770. The summed E-state index contributed by atoms with van der Waals surface area (Å²) < 4.78 is 27.9. The van der Waals surface area contributed by atoms with Gasteiger partial charge in [0.15, 0.2) is 0 Å². The van der Waals surface area contributed by atoms with E-state index in [2.05, 4.69) is 20.7 Å². The van der Waals surface area contributed by atoms with E-state index in [1.807, 2.05) is 18.2 Å². The van der Waals surface area contributed by atoms with Crippen LogP contribution in [-0.4, -0.2) is 27.4 Å².